The van der Waals surface area contributed by atoms with Crippen molar-refractivity contribution < 1.29 is 18.4 Å². The molecule has 0 bridgehead atoms. The highest BCUT2D eigenvalue weighted by Crippen LogP contribution is 2.16. The summed E-state index contributed by atoms with van der Waals surface area (Å²) in [5.74, 6) is -3.18. The van der Waals surface area contributed by atoms with E-state index in [1.165, 1.54) is 41.3 Å². The standard InChI is InChI=1S/C19H15F2N3O2/c1-24(2)19(26)12-6-8-15(9-7-12)23-18(25)14(11-22)10-13-4-3-5-16(20)17(13)21/h3-10H,1-2H3,(H,23,25). The summed E-state index contributed by atoms with van der Waals surface area (Å²) in [5, 5.41) is 11.6. The largest absolute Gasteiger partial charge is 0.345 e. The normalized spacial score (nSPS) is 10.8. The van der Waals surface area contributed by atoms with Gasteiger partial charge in [0.25, 0.3) is 11.8 Å². The highest BCUT2D eigenvalue weighted by molar-refractivity contribution is 6.09. The van der Waals surface area contributed by atoms with Crippen LogP contribution in [0.1, 0.15) is 15.9 Å². The Kier molecular flexibility index (Phi) is 5.81. The lowest BCUT2D eigenvalue weighted by Crippen LogP contribution is -2.21. The zero-order chi connectivity index (χ0) is 19.3. The lowest BCUT2D eigenvalue weighted by Gasteiger charge is -2.11. The molecule has 0 unspecified atom stereocenters. The van der Waals surface area contributed by atoms with Crippen molar-refractivity contribution in [1.82, 2.24) is 4.90 Å². The summed E-state index contributed by atoms with van der Waals surface area (Å²) < 4.78 is 26.9. The molecule has 5 nitrogen and oxygen atoms in total. The number of halogens is 2. The molecule has 1 N–H and O–H groups in total. The van der Waals surface area contributed by atoms with Gasteiger partial charge in [-0.3, -0.25) is 9.59 Å². The van der Waals surface area contributed by atoms with Crippen molar-refractivity contribution in [3.63, 3.8) is 0 Å². The van der Waals surface area contributed by atoms with Gasteiger partial charge in [-0.2, -0.15) is 5.26 Å². The number of hydrogen-bond donors (Lipinski definition) is 1. The molecule has 132 valence electrons. The fraction of sp³-hybridized carbons (Fsp3) is 0.105. The third-order valence-corrected chi connectivity index (χ3v) is 3.44. The number of anilines is 1. The minimum Gasteiger partial charge on any atom is -0.345 e. The van der Waals surface area contributed by atoms with E-state index >= 15 is 0 Å². The molecule has 2 aromatic carbocycles. The van der Waals surface area contributed by atoms with Gasteiger partial charge in [-0.15, -0.1) is 0 Å². The molecule has 0 radical (unpaired) electrons. The van der Waals surface area contributed by atoms with Gasteiger partial charge in [0, 0.05) is 30.9 Å². The number of carbonyl (C=O) groups excluding carboxylic acids is 2. The van der Waals surface area contributed by atoms with Gasteiger partial charge in [0.1, 0.15) is 11.6 Å². The van der Waals surface area contributed by atoms with Gasteiger partial charge < -0.3 is 10.2 Å². The lowest BCUT2D eigenvalue weighted by atomic mass is 10.1. The van der Waals surface area contributed by atoms with Crippen LogP contribution in [0, 0.1) is 23.0 Å². The molecular weight excluding hydrogens is 340 g/mol. The first-order valence-corrected chi connectivity index (χ1v) is 7.52. The van der Waals surface area contributed by atoms with Gasteiger partial charge in [-0.1, -0.05) is 12.1 Å². The third-order valence-electron chi connectivity index (χ3n) is 3.44. The number of amides is 2. The van der Waals surface area contributed by atoms with Crippen LogP contribution in [0.15, 0.2) is 48.0 Å². The second-order valence-electron chi connectivity index (χ2n) is 5.54. The second kappa shape index (κ2) is 8.03. The van der Waals surface area contributed by atoms with Gasteiger partial charge in [0.15, 0.2) is 11.6 Å². The molecule has 0 atom stereocenters. The van der Waals surface area contributed by atoms with Crippen LogP contribution in [0.4, 0.5) is 14.5 Å². The fourth-order valence-corrected chi connectivity index (χ4v) is 2.09. The van der Waals surface area contributed by atoms with Crippen LogP contribution in [0.3, 0.4) is 0 Å². The van der Waals surface area contributed by atoms with Crippen LogP contribution >= 0.6 is 0 Å². The van der Waals surface area contributed by atoms with Gasteiger partial charge in [0.05, 0.1) is 0 Å². The maximum atomic E-state index is 13.7. The average molecular weight is 355 g/mol. The summed E-state index contributed by atoms with van der Waals surface area (Å²) in [6.45, 7) is 0. The molecule has 0 aliphatic carbocycles. The first kappa shape index (κ1) is 18.8. The third kappa shape index (κ3) is 4.30. The SMILES string of the molecule is CN(C)C(=O)c1ccc(NC(=O)C(C#N)=Cc2cccc(F)c2F)cc1. The van der Waals surface area contributed by atoms with E-state index < -0.39 is 17.5 Å². The van der Waals surface area contributed by atoms with Crippen LogP contribution < -0.4 is 5.32 Å². The Morgan fingerprint density at radius 3 is 2.35 bits per heavy atom. The number of benzene rings is 2. The molecule has 26 heavy (non-hydrogen) atoms. The maximum Gasteiger partial charge on any atom is 0.266 e. The quantitative estimate of drug-likeness (QED) is 0.676. The Labute approximate surface area is 149 Å². The molecule has 7 heteroatoms. The Balaban J connectivity index is 2.20. The molecule has 0 heterocycles. The molecule has 2 aromatic rings. The van der Waals surface area contributed by atoms with E-state index in [2.05, 4.69) is 5.32 Å². The molecule has 0 aliphatic heterocycles. The topological polar surface area (TPSA) is 73.2 Å². The number of carbonyl (C=O) groups is 2. The molecule has 0 aliphatic rings. The van der Waals surface area contributed by atoms with E-state index in [-0.39, 0.29) is 17.0 Å². The molecule has 0 aromatic heterocycles. The van der Waals surface area contributed by atoms with E-state index in [1.807, 2.05) is 0 Å². The predicted molar refractivity (Wildman–Crippen MR) is 93.0 cm³/mol. The average Bonchev–Trinajstić information content (AvgIpc) is 2.62. The number of rotatable bonds is 4. The van der Waals surface area contributed by atoms with Gasteiger partial charge >= 0.3 is 0 Å². The van der Waals surface area contributed by atoms with Gasteiger partial charge in [0.2, 0.25) is 0 Å². The molecular formula is C19H15F2N3O2. The summed E-state index contributed by atoms with van der Waals surface area (Å²) >= 11 is 0. The molecule has 0 saturated heterocycles. The second-order valence-corrected chi connectivity index (χ2v) is 5.54. The van der Waals surface area contributed by atoms with Crippen molar-refractivity contribution in [1.29, 1.82) is 5.26 Å². The van der Waals surface area contributed by atoms with Crippen molar-refractivity contribution in [2.75, 3.05) is 19.4 Å². The Morgan fingerprint density at radius 2 is 1.77 bits per heavy atom. The van der Waals surface area contributed by atoms with Crippen molar-refractivity contribution in [2.24, 2.45) is 0 Å². The van der Waals surface area contributed by atoms with Crippen molar-refractivity contribution in [3.05, 3.63) is 70.8 Å². The van der Waals surface area contributed by atoms with Gasteiger partial charge in [-0.25, -0.2) is 8.78 Å². The number of nitrogens with one attached hydrogen (secondary N) is 1. The summed E-state index contributed by atoms with van der Waals surface area (Å²) in [7, 11) is 3.24. The van der Waals surface area contributed by atoms with Gasteiger partial charge in [-0.05, 0) is 36.4 Å². The lowest BCUT2D eigenvalue weighted by molar-refractivity contribution is -0.112. The van der Waals surface area contributed by atoms with E-state index in [9.17, 15) is 18.4 Å². The summed E-state index contributed by atoms with van der Waals surface area (Å²) in [6.07, 6.45) is 0.970. The van der Waals surface area contributed by atoms with Crippen molar-refractivity contribution >= 4 is 23.6 Å². The van der Waals surface area contributed by atoms with E-state index in [0.717, 1.165) is 12.1 Å². The molecule has 0 saturated carbocycles. The first-order valence-electron chi connectivity index (χ1n) is 7.52. The Morgan fingerprint density at radius 1 is 1.12 bits per heavy atom. The molecule has 2 amide bonds. The van der Waals surface area contributed by atoms with E-state index in [0.29, 0.717) is 11.3 Å². The fourth-order valence-electron chi connectivity index (χ4n) is 2.09. The van der Waals surface area contributed by atoms with Crippen molar-refractivity contribution in [2.45, 2.75) is 0 Å². The van der Waals surface area contributed by atoms with Crippen LogP contribution in [-0.4, -0.2) is 30.8 Å². The minimum atomic E-state index is -1.14. The van der Waals surface area contributed by atoms with Crippen LogP contribution in [-0.2, 0) is 4.79 Å². The van der Waals surface area contributed by atoms with Crippen LogP contribution in [0.2, 0.25) is 0 Å². The monoisotopic (exact) mass is 355 g/mol. The van der Waals surface area contributed by atoms with E-state index in [1.54, 1.807) is 20.2 Å². The molecule has 0 fully saturated rings. The highest BCUT2D eigenvalue weighted by atomic mass is 19.2. The maximum absolute atomic E-state index is 13.7. The Bertz CT molecular complexity index is 913. The van der Waals surface area contributed by atoms with E-state index in [4.69, 9.17) is 5.26 Å². The smallest absolute Gasteiger partial charge is 0.266 e. The Hall–Kier alpha value is -3.53. The van der Waals surface area contributed by atoms with Crippen molar-refractivity contribution in [3.8, 4) is 6.07 Å². The zero-order valence-electron chi connectivity index (χ0n) is 14.1. The van der Waals surface area contributed by atoms with Crippen LogP contribution in [0.5, 0.6) is 0 Å². The number of nitrogens with zero attached hydrogens (tertiary/aromatic N) is 2. The number of hydrogen-bond acceptors (Lipinski definition) is 3. The van der Waals surface area contributed by atoms with Crippen LogP contribution in [0.25, 0.3) is 6.08 Å². The predicted octanol–water partition coefficient (Wildman–Crippen LogP) is 3.21. The summed E-state index contributed by atoms with van der Waals surface area (Å²) in [4.78, 5) is 25.4. The number of nitriles is 1. The summed E-state index contributed by atoms with van der Waals surface area (Å²) in [6, 6.07) is 11.2. The highest BCUT2D eigenvalue weighted by Gasteiger charge is 2.13. The minimum absolute atomic E-state index is 0.193. The molecule has 0 spiro atoms. The molecule has 2 rings (SSSR count). The first-order chi connectivity index (χ1) is 12.3. The zero-order valence-corrected chi connectivity index (χ0v) is 14.1. The summed E-state index contributed by atoms with van der Waals surface area (Å²) in [5.41, 5.74) is 0.198.